The van der Waals surface area contributed by atoms with Crippen LogP contribution in [0.15, 0.2) is 28.2 Å². The van der Waals surface area contributed by atoms with Crippen molar-refractivity contribution >= 4 is 26.9 Å². The van der Waals surface area contributed by atoms with Crippen molar-refractivity contribution in [2.45, 2.75) is 31.2 Å². The Morgan fingerprint density at radius 3 is 2.40 bits per heavy atom. The van der Waals surface area contributed by atoms with Crippen LogP contribution in [0.5, 0.6) is 11.8 Å². The van der Waals surface area contributed by atoms with E-state index in [0.717, 1.165) is 0 Å². The minimum Gasteiger partial charge on any atom is -0.481 e. The number of alkyl halides is 2. The highest BCUT2D eigenvalue weighted by Gasteiger charge is 2.25. The number of aromatic nitrogens is 4. The fourth-order valence-corrected chi connectivity index (χ4v) is 4.05. The number of fused-ring (bicyclic) bond motifs is 1. The van der Waals surface area contributed by atoms with E-state index in [1.165, 1.54) is 37.2 Å². The number of nitrogens with one attached hydrogen (secondary N) is 2. The number of sulfonamides is 1. The van der Waals surface area contributed by atoms with Gasteiger partial charge >= 0.3 is 0 Å². The summed E-state index contributed by atoms with van der Waals surface area (Å²) in [7, 11) is -1.83. The van der Waals surface area contributed by atoms with Crippen molar-refractivity contribution in [2.24, 2.45) is 0 Å². The first-order chi connectivity index (χ1) is 14.2. The topological polar surface area (TPSA) is 128 Å². The van der Waals surface area contributed by atoms with Gasteiger partial charge in [0, 0.05) is 30.7 Å². The molecule has 0 fully saturated rings. The zero-order valence-corrected chi connectivity index (χ0v) is 17.1. The van der Waals surface area contributed by atoms with Crippen LogP contribution in [-0.4, -0.2) is 48.6 Å². The molecule has 3 heterocycles. The van der Waals surface area contributed by atoms with Gasteiger partial charge in [-0.2, -0.15) is 9.97 Å². The third kappa shape index (κ3) is 3.92. The summed E-state index contributed by atoms with van der Waals surface area (Å²) in [5.74, 6) is -0.924. The number of methoxy groups -OCH3 is 2. The maximum atomic E-state index is 12.9. The van der Waals surface area contributed by atoms with E-state index in [0.29, 0.717) is 6.54 Å². The molecule has 3 aromatic rings. The van der Waals surface area contributed by atoms with Crippen molar-refractivity contribution in [3.05, 3.63) is 34.4 Å². The van der Waals surface area contributed by atoms with Crippen LogP contribution in [0.25, 0.3) is 10.9 Å². The fraction of sp³-hybridized carbons (Fsp3) is 0.353. The SMILES string of the molecule is CCn1ccc2c(S(=O)(=O)Nc3nc(OC)c(CC(F)F)c(OC)n3)c[nH]c2c1=O. The number of hydrogen-bond acceptors (Lipinski definition) is 7. The molecule has 0 saturated carbocycles. The Kier molecular flexibility index (Phi) is 5.92. The third-order valence-corrected chi connectivity index (χ3v) is 5.68. The molecule has 0 radical (unpaired) electrons. The molecule has 0 bridgehead atoms. The van der Waals surface area contributed by atoms with Crippen molar-refractivity contribution < 1.29 is 26.7 Å². The molecule has 10 nitrogen and oxygen atoms in total. The molecule has 3 rings (SSSR count). The lowest BCUT2D eigenvalue weighted by atomic mass is 10.2. The number of ether oxygens (including phenoxy) is 2. The van der Waals surface area contributed by atoms with Crippen molar-refractivity contribution in [3.63, 3.8) is 0 Å². The summed E-state index contributed by atoms with van der Waals surface area (Å²) >= 11 is 0. The molecule has 0 aliphatic rings. The number of aryl methyl sites for hydroxylation is 1. The Morgan fingerprint density at radius 2 is 1.87 bits per heavy atom. The molecule has 162 valence electrons. The summed E-state index contributed by atoms with van der Waals surface area (Å²) in [4.78, 5) is 22.5. The number of halogens is 2. The second kappa shape index (κ2) is 8.26. The van der Waals surface area contributed by atoms with Crippen LogP contribution in [0, 0.1) is 0 Å². The average molecular weight is 443 g/mol. The largest absolute Gasteiger partial charge is 0.481 e. The average Bonchev–Trinajstić information content (AvgIpc) is 3.14. The number of H-pyrrole nitrogens is 1. The van der Waals surface area contributed by atoms with Gasteiger partial charge in [-0.1, -0.05) is 0 Å². The number of hydrogen-bond donors (Lipinski definition) is 2. The fourth-order valence-electron chi connectivity index (χ4n) is 2.94. The van der Waals surface area contributed by atoms with E-state index >= 15 is 0 Å². The summed E-state index contributed by atoms with van der Waals surface area (Å²) in [6, 6.07) is 1.50. The number of rotatable bonds is 8. The summed E-state index contributed by atoms with van der Waals surface area (Å²) in [6.45, 7) is 2.21. The minimum absolute atomic E-state index is 0.0924. The van der Waals surface area contributed by atoms with E-state index in [4.69, 9.17) is 9.47 Å². The molecular weight excluding hydrogens is 424 g/mol. The molecule has 0 unspecified atom stereocenters. The van der Waals surface area contributed by atoms with Gasteiger partial charge in [0.05, 0.1) is 19.8 Å². The molecule has 2 N–H and O–H groups in total. The zero-order chi connectivity index (χ0) is 22.1. The first kappa shape index (κ1) is 21.5. The number of anilines is 1. The van der Waals surface area contributed by atoms with Gasteiger partial charge in [0.15, 0.2) is 0 Å². The molecule has 0 saturated heterocycles. The zero-order valence-electron chi connectivity index (χ0n) is 16.3. The first-order valence-electron chi connectivity index (χ1n) is 8.72. The normalized spacial score (nSPS) is 11.8. The summed E-state index contributed by atoms with van der Waals surface area (Å²) < 4.78 is 65.0. The third-order valence-electron chi connectivity index (χ3n) is 4.31. The predicted molar refractivity (Wildman–Crippen MR) is 104 cm³/mol. The van der Waals surface area contributed by atoms with E-state index in [-0.39, 0.29) is 38.7 Å². The Morgan fingerprint density at radius 1 is 1.23 bits per heavy atom. The number of nitrogens with zero attached hydrogens (tertiary/aromatic N) is 3. The molecule has 3 aromatic heterocycles. The van der Waals surface area contributed by atoms with Gasteiger partial charge in [0.25, 0.3) is 15.6 Å². The lowest BCUT2D eigenvalue weighted by molar-refractivity contribution is 0.146. The Labute approximate surface area is 169 Å². The second-order valence-corrected chi connectivity index (χ2v) is 7.74. The van der Waals surface area contributed by atoms with Crippen LogP contribution < -0.4 is 19.8 Å². The van der Waals surface area contributed by atoms with Crippen LogP contribution >= 0.6 is 0 Å². The van der Waals surface area contributed by atoms with Gasteiger partial charge in [-0.15, -0.1) is 0 Å². The minimum atomic E-state index is -4.23. The van der Waals surface area contributed by atoms with Crippen molar-refractivity contribution in [1.82, 2.24) is 19.5 Å². The molecule has 0 aliphatic carbocycles. The summed E-state index contributed by atoms with van der Waals surface area (Å²) in [5.41, 5.74) is -0.333. The quantitative estimate of drug-likeness (QED) is 0.543. The molecule has 0 atom stereocenters. The highest BCUT2D eigenvalue weighted by molar-refractivity contribution is 7.93. The lowest BCUT2D eigenvalue weighted by Gasteiger charge is -2.13. The predicted octanol–water partition coefficient (Wildman–Crippen LogP) is 1.77. The Bertz CT molecular complexity index is 1210. The second-order valence-electron chi connectivity index (χ2n) is 6.09. The molecule has 30 heavy (non-hydrogen) atoms. The Hall–Kier alpha value is -3.22. The van der Waals surface area contributed by atoms with E-state index in [2.05, 4.69) is 19.7 Å². The van der Waals surface area contributed by atoms with Crippen LogP contribution in [0.3, 0.4) is 0 Å². The van der Waals surface area contributed by atoms with E-state index in [1.54, 1.807) is 6.92 Å². The number of aromatic amines is 1. The molecule has 0 amide bonds. The molecule has 0 spiro atoms. The van der Waals surface area contributed by atoms with E-state index < -0.39 is 28.8 Å². The van der Waals surface area contributed by atoms with Crippen molar-refractivity contribution in [1.29, 1.82) is 0 Å². The maximum Gasteiger partial charge on any atom is 0.274 e. The number of pyridine rings is 1. The highest BCUT2D eigenvalue weighted by atomic mass is 32.2. The van der Waals surface area contributed by atoms with Crippen LogP contribution in [0.2, 0.25) is 0 Å². The molecular formula is C17H19F2N5O5S. The highest BCUT2D eigenvalue weighted by Crippen LogP contribution is 2.30. The van der Waals surface area contributed by atoms with Crippen LogP contribution in [0.4, 0.5) is 14.7 Å². The molecule has 13 heteroatoms. The van der Waals surface area contributed by atoms with Crippen molar-refractivity contribution in [2.75, 3.05) is 18.9 Å². The molecule has 0 aromatic carbocycles. The lowest BCUT2D eigenvalue weighted by Crippen LogP contribution is -2.19. The van der Waals surface area contributed by atoms with Gasteiger partial charge < -0.3 is 19.0 Å². The standard InChI is InChI=1S/C17H19F2N5O5S/c1-4-24-6-5-9-11(8-20-13(9)16(24)25)30(26,27)23-17-21-14(28-2)10(7-12(18)19)15(22-17)29-3/h5-6,8,12,20H,4,7H2,1-3H3,(H,21,22,23). The Balaban J connectivity index is 2.04. The first-order valence-corrected chi connectivity index (χ1v) is 10.2. The maximum absolute atomic E-state index is 12.9. The van der Waals surface area contributed by atoms with Gasteiger partial charge in [-0.3, -0.25) is 4.79 Å². The monoisotopic (exact) mass is 443 g/mol. The smallest absolute Gasteiger partial charge is 0.274 e. The van der Waals surface area contributed by atoms with E-state index in [9.17, 15) is 22.0 Å². The summed E-state index contributed by atoms with van der Waals surface area (Å²) in [5, 5.41) is 0.186. The molecule has 0 aliphatic heterocycles. The van der Waals surface area contributed by atoms with Gasteiger partial charge in [-0.05, 0) is 13.0 Å². The summed E-state index contributed by atoms with van der Waals surface area (Å²) in [6.07, 6.45) is -0.781. The van der Waals surface area contributed by atoms with Gasteiger partial charge in [0.1, 0.15) is 10.4 Å². The van der Waals surface area contributed by atoms with Crippen LogP contribution in [0.1, 0.15) is 12.5 Å². The van der Waals surface area contributed by atoms with Gasteiger partial charge in [-0.25, -0.2) is 21.9 Å². The van der Waals surface area contributed by atoms with Crippen molar-refractivity contribution in [3.8, 4) is 11.8 Å². The van der Waals surface area contributed by atoms with Gasteiger partial charge in [0.2, 0.25) is 24.1 Å². The van der Waals surface area contributed by atoms with E-state index in [1.807, 2.05) is 0 Å². The van der Waals surface area contributed by atoms with Crippen LogP contribution in [-0.2, 0) is 23.0 Å².